The van der Waals surface area contributed by atoms with E-state index >= 15 is 0 Å². The predicted molar refractivity (Wildman–Crippen MR) is 107 cm³/mol. The van der Waals surface area contributed by atoms with E-state index < -0.39 is 10.0 Å². The molecular formula is C20H22N4O3S. The number of carbonyl (C=O) groups excluding carboxylic acids is 1. The Hall–Kier alpha value is -2.84. The first-order valence-corrected chi connectivity index (χ1v) is 10.3. The van der Waals surface area contributed by atoms with E-state index in [1.807, 2.05) is 20.8 Å². The molecule has 28 heavy (non-hydrogen) atoms. The zero-order chi connectivity index (χ0) is 20.6. The van der Waals surface area contributed by atoms with Gasteiger partial charge in [-0.1, -0.05) is 12.1 Å². The molecule has 2 N–H and O–H groups in total. The first-order chi connectivity index (χ1) is 13.1. The summed E-state index contributed by atoms with van der Waals surface area (Å²) in [5.41, 5.74) is 4.42. The van der Waals surface area contributed by atoms with E-state index in [2.05, 4.69) is 9.97 Å². The number of hydrogen-bond donors (Lipinski definition) is 1. The number of amides is 1. The largest absolute Gasteiger partial charge is 0.335 e. The molecule has 0 saturated carbocycles. The maximum atomic E-state index is 12.9. The number of nitrogens with two attached hydrogens (primary N) is 1. The number of nitrogens with zero attached hydrogens (tertiary/aromatic N) is 3. The fourth-order valence-electron chi connectivity index (χ4n) is 2.90. The highest BCUT2D eigenvalue weighted by molar-refractivity contribution is 7.89. The summed E-state index contributed by atoms with van der Waals surface area (Å²) in [6.07, 6.45) is 0. The maximum Gasteiger partial charge on any atom is 0.254 e. The van der Waals surface area contributed by atoms with E-state index in [0.717, 1.165) is 22.5 Å². The summed E-state index contributed by atoms with van der Waals surface area (Å²) in [6.45, 7) is 5.66. The minimum atomic E-state index is -3.75. The Morgan fingerprint density at radius 1 is 1.00 bits per heavy atom. The Kier molecular flexibility index (Phi) is 5.18. The smallest absolute Gasteiger partial charge is 0.254 e. The first kappa shape index (κ1) is 19.9. The summed E-state index contributed by atoms with van der Waals surface area (Å²) >= 11 is 0. The second kappa shape index (κ2) is 7.29. The van der Waals surface area contributed by atoms with E-state index in [-0.39, 0.29) is 16.8 Å². The second-order valence-electron chi connectivity index (χ2n) is 6.80. The normalized spacial score (nSPS) is 12.8. The number of aromatic nitrogens is 2. The Morgan fingerprint density at radius 3 is 2.14 bits per heavy atom. The van der Waals surface area contributed by atoms with Gasteiger partial charge in [0.1, 0.15) is 0 Å². The Labute approximate surface area is 164 Å². The summed E-state index contributed by atoms with van der Waals surface area (Å²) in [5.74, 6) is -0.162. The SMILES string of the molecule is Cc1nc2ccc(C(=O)N(C)C(C)c3ccc(S(N)(=O)=O)cc3)cc2nc1C. The van der Waals surface area contributed by atoms with Crippen LogP contribution in [0.2, 0.25) is 0 Å². The van der Waals surface area contributed by atoms with Crippen molar-refractivity contribution in [1.29, 1.82) is 0 Å². The van der Waals surface area contributed by atoms with Gasteiger partial charge in [0, 0.05) is 12.6 Å². The van der Waals surface area contributed by atoms with E-state index in [1.165, 1.54) is 12.1 Å². The molecule has 0 radical (unpaired) electrons. The topological polar surface area (TPSA) is 106 Å². The van der Waals surface area contributed by atoms with Crippen LogP contribution in [0.3, 0.4) is 0 Å². The van der Waals surface area contributed by atoms with Gasteiger partial charge >= 0.3 is 0 Å². The van der Waals surface area contributed by atoms with Crippen LogP contribution < -0.4 is 5.14 Å². The van der Waals surface area contributed by atoms with Crippen LogP contribution in [-0.2, 0) is 10.0 Å². The van der Waals surface area contributed by atoms with Crippen molar-refractivity contribution in [1.82, 2.24) is 14.9 Å². The van der Waals surface area contributed by atoms with Gasteiger partial charge in [-0.3, -0.25) is 4.79 Å². The third kappa shape index (κ3) is 3.88. The molecule has 0 aliphatic rings. The number of aryl methyl sites for hydroxylation is 2. The van der Waals surface area contributed by atoms with Gasteiger partial charge in [0.05, 0.1) is 33.4 Å². The van der Waals surface area contributed by atoms with Gasteiger partial charge in [-0.05, 0) is 56.7 Å². The van der Waals surface area contributed by atoms with Crippen LogP contribution in [0.1, 0.15) is 40.3 Å². The molecule has 2 aromatic carbocycles. The fraction of sp³-hybridized carbons (Fsp3) is 0.250. The molecule has 0 saturated heterocycles. The van der Waals surface area contributed by atoms with Crippen LogP contribution in [0.25, 0.3) is 11.0 Å². The highest BCUT2D eigenvalue weighted by atomic mass is 32.2. The number of fused-ring (bicyclic) bond motifs is 1. The minimum Gasteiger partial charge on any atom is -0.335 e. The summed E-state index contributed by atoms with van der Waals surface area (Å²) in [4.78, 5) is 23.6. The number of sulfonamides is 1. The monoisotopic (exact) mass is 398 g/mol. The molecule has 7 nitrogen and oxygen atoms in total. The molecule has 1 heterocycles. The van der Waals surface area contributed by atoms with Crippen molar-refractivity contribution in [2.45, 2.75) is 31.7 Å². The number of primary sulfonamides is 1. The maximum absolute atomic E-state index is 12.9. The van der Waals surface area contributed by atoms with E-state index in [4.69, 9.17) is 5.14 Å². The van der Waals surface area contributed by atoms with Crippen LogP contribution in [0.4, 0.5) is 0 Å². The third-order valence-electron chi connectivity index (χ3n) is 4.91. The van der Waals surface area contributed by atoms with Gasteiger partial charge in [0.25, 0.3) is 5.91 Å². The molecule has 0 spiro atoms. The van der Waals surface area contributed by atoms with Gasteiger partial charge in [0.2, 0.25) is 10.0 Å². The highest BCUT2D eigenvalue weighted by Crippen LogP contribution is 2.23. The summed E-state index contributed by atoms with van der Waals surface area (Å²) < 4.78 is 22.8. The number of benzene rings is 2. The Balaban J connectivity index is 1.87. The zero-order valence-electron chi connectivity index (χ0n) is 16.2. The number of rotatable bonds is 4. The van der Waals surface area contributed by atoms with E-state index in [1.54, 1.807) is 42.3 Å². The number of hydrogen-bond acceptors (Lipinski definition) is 5. The number of carbonyl (C=O) groups is 1. The fourth-order valence-corrected chi connectivity index (χ4v) is 3.42. The second-order valence-corrected chi connectivity index (χ2v) is 8.37. The predicted octanol–water partition coefficient (Wildman–Crippen LogP) is 2.73. The Morgan fingerprint density at radius 2 is 1.57 bits per heavy atom. The molecule has 1 unspecified atom stereocenters. The van der Waals surface area contributed by atoms with Gasteiger partial charge in [-0.25, -0.2) is 23.5 Å². The highest BCUT2D eigenvalue weighted by Gasteiger charge is 2.20. The first-order valence-electron chi connectivity index (χ1n) is 8.73. The van der Waals surface area contributed by atoms with Crippen molar-refractivity contribution in [3.63, 3.8) is 0 Å². The van der Waals surface area contributed by atoms with Crippen LogP contribution in [0, 0.1) is 13.8 Å². The van der Waals surface area contributed by atoms with Crippen molar-refractivity contribution < 1.29 is 13.2 Å². The zero-order valence-corrected chi connectivity index (χ0v) is 17.0. The summed E-state index contributed by atoms with van der Waals surface area (Å²) in [7, 11) is -2.04. The molecule has 146 valence electrons. The van der Waals surface area contributed by atoms with Crippen molar-refractivity contribution in [3.05, 3.63) is 65.0 Å². The van der Waals surface area contributed by atoms with Gasteiger partial charge in [-0.15, -0.1) is 0 Å². The molecule has 8 heteroatoms. The summed E-state index contributed by atoms with van der Waals surface area (Å²) in [6, 6.07) is 11.2. The molecule has 0 bridgehead atoms. The van der Waals surface area contributed by atoms with Crippen molar-refractivity contribution in [2.75, 3.05) is 7.05 Å². The van der Waals surface area contributed by atoms with Crippen molar-refractivity contribution >= 4 is 27.0 Å². The average Bonchev–Trinajstić information content (AvgIpc) is 2.66. The van der Waals surface area contributed by atoms with Crippen LogP contribution in [0.15, 0.2) is 47.4 Å². The van der Waals surface area contributed by atoms with Gasteiger partial charge in [0.15, 0.2) is 0 Å². The lowest BCUT2D eigenvalue weighted by Gasteiger charge is -2.25. The van der Waals surface area contributed by atoms with E-state index in [9.17, 15) is 13.2 Å². The molecule has 3 rings (SSSR count). The molecule has 1 atom stereocenters. The van der Waals surface area contributed by atoms with Gasteiger partial charge in [-0.2, -0.15) is 0 Å². The molecule has 0 fully saturated rings. The van der Waals surface area contributed by atoms with E-state index in [0.29, 0.717) is 11.1 Å². The third-order valence-corrected chi connectivity index (χ3v) is 5.84. The average molecular weight is 398 g/mol. The molecule has 1 aromatic heterocycles. The van der Waals surface area contributed by atoms with Crippen molar-refractivity contribution in [2.24, 2.45) is 5.14 Å². The Bertz CT molecular complexity index is 1160. The molecule has 0 aliphatic carbocycles. The molecule has 1 amide bonds. The molecule has 3 aromatic rings. The molecular weight excluding hydrogens is 376 g/mol. The lowest BCUT2D eigenvalue weighted by Crippen LogP contribution is -2.29. The quantitative estimate of drug-likeness (QED) is 0.727. The standard InChI is InChI=1S/C20H22N4O3S/c1-12-13(2)23-19-11-16(7-10-18(19)22-12)20(25)24(4)14(3)15-5-8-17(9-6-15)28(21,26)27/h5-11,14H,1-4H3,(H2,21,26,27). The lowest BCUT2D eigenvalue weighted by atomic mass is 10.1. The molecule has 0 aliphatic heterocycles. The van der Waals surface area contributed by atoms with Crippen LogP contribution >= 0.6 is 0 Å². The van der Waals surface area contributed by atoms with Crippen LogP contribution in [0.5, 0.6) is 0 Å². The minimum absolute atomic E-state index is 0.0381. The summed E-state index contributed by atoms with van der Waals surface area (Å²) in [5, 5.41) is 5.13. The van der Waals surface area contributed by atoms with Crippen LogP contribution in [-0.4, -0.2) is 36.2 Å². The van der Waals surface area contributed by atoms with Crippen molar-refractivity contribution in [3.8, 4) is 0 Å². The lowest BCUT2D eigenvalue weighted by molar-refractivity contribution is 0.0742. The van der Waals surface area contributed by atoms with Gasteiger partial charge < -0.3 is 4.90 Å².